The van der Waals surface area contributed by atoms with Gasteiger partial charge < -0.3 is 15.2 Å². The Hall–Kier alpha value is -3.02. The molecule has 150 valence electrons. The van der Waals surface area contributed by atoms with Crippen LogP contribution in [0, 0.1) is 0 Å². The van der Waals surface area contributed by atoms with E-state index in [0.717, 1.165) is 29.9 Å². The van der Waals surface area contributed by atoms with Crippen LogP contribution in [0.5, 0.6) is 11.5 Å². The number of anilines is 1. The van der Waals surface area contributed by atoms with E-state index in [0.29, 0.717) is 18.9 Å². The van der Waals surface area contributed by atoms with E-state index in [2.05, 4.69) is 47.2 Å². The summed E-state index contributed by atoms with van der Waals surface area (Å²) in [6.45, 7) is 1.20. The molecule has 0 aromatic heterocycles. The first kappa shape index (κ1) is 19.3. The van der Waals surface area contributed by atoms with E-state index in [9.17, 15) is 0 Å². The smallest absolute Gasteiger partial charge is 0.142 e. The van der Waals surface area contributed by atoms with Gasteiger partial charge in [0.25, 0.3) is 0 Å². The first-order chi connectivity index (χ1) is 14.3. The number of nitrogens with two attached hydrogens (primary N) is 1. The number of benzene rings is 3. The maximum atomic E-state index is 6.12. The molecule has 1 heterocycles. The molecule has 4 rings (SSSR count). The highest BCUT2D eigenvalue weighted by molar-refractivity contribution is 5.51. The van der Waals surface area contributed by atoms with Gasteiger partial charge in [-0.1, -0.05) is 60.7 Å². The lowest BCUT2D eigenvalue weighted by atomic mass is 10.0. The van der Waals surface area contributed by atoms with Gasteiger partial charge in [-0.15, -0.1) is 0 Å². The number of hydrogen-bond acceptors (Lipinski definition) is 5. The standard InChI is InChI=1S/C24H27N3O2/c25-21-11-5-7-13-24(21)29-17-19-16-22(27-26-19)20-10-4-6-12-23(20)28-15-14-18-8-2-1-3-9-18/h1-13,19,22,26-27H,14-17,25H2. The minimum Gasteiger partial charge on any atom is -0.493 e. The molecule has 29 heavy (non-hydrogen) atoms. The number of rotatable bonds is 8. The number of nitrogens with one attached hydrogen (secondary N) is 2. The van der Waals surface area contributed by atoms with Crippen LogP contribution < -0.4 is 26.1 Å². The molecule has 3 aromatic rings. The van der Waals surface area contributed by atoms with Crippen LogP contribution in [0.3, 0.4) is 0 Å². The van der Waals surface area contributed by atoms with Crippen molar-refractivity contribution in [1.82, 2.24) is 10.9 Å². The molecule has 1 aliphatic heterocycles. The van der Waals surface area contributed by atoms with Crippen LogP contribution in [0.25, 0.3) is 0 Å². The first-order valence-electron chi connectivity index (χ1n) is 10.0. The summed E-state index contributed by atoms with van der Waals surface area (Å²) < 4.78 is 12.0. The average molecular weight is 389 g/mol. The second-order valence-corrected chi connectivity index (χ2v) is 7.24. The summed E-state index contributed by atoms with van der Waals surface area (Å²) >= 11 is 0. The van der Waals surface area contributed by atoms with Gasteiger partial charge in [0.1, 0.15) is 18.1 Å². The van der Waals surface area contributed by atoms with Gasteiger partial charge in [0, 0.05) is 12.0 Å². The SMILES string of the molecule is Nc1ccccc1OCC1CC(c2ccccc2OCCc2ccccc2)NN1. The predicted molar refractivity (Wildman–Crippen MR) is 116 cm³/mol. The first-order valence-corrected chi connectivity index (χ1v) is 10.0. The Bertz CT molecular complexity index is 917. The van der Waals surface area contributed by atoms with Gasteiger partial charge in [0.15, 0.2) is 0 Å². The number of ether oxygens (including phenoxy) is 2. The molecule has 4 N–H and O–H groups in total. The quantitative estimate of drug-likeness (QED) is 0.510. The van der Waals surface area contributed by atoms with Gasteiger partial charge in [0.2, 0.25) is 0 Å². The molecule has 0 saturated carbocycles. The minimum atomic E-state index is 0.171. The van der Waals surface area contributed by atoms with Gasteiger partial charge in [-0.25, -0.2) is 5.43 Å². The second kappa shape index (κ2) is 9.45. The van der Waals surface area contributed by atoms with Crippen molar-refractivity contribution in [2.45, 2.75) is 24.9 Å². The highest BCUT2D eigenvalue weighted by Gasteiger charge is 2.27. The van der Waals surface area contributed by atoms with E-state index in [-0.39, 0.29) is 12.1 Å². The summed E-state index contributed by atoms with van der Waals surface area (Å²) in [5, 5.41) is 0. The van der Waals surface area contributed by atoms with E-state index in [1.54, 1.807) is 0 Å². The van der Waals surface area contributed by atoms with E-state index in [4.69, 9.17) is 15.2 Å². The van der Waals surface area contributed by atoms with E-state index >= 15 is 0 Å². The van der Waals surface area contributed by atoms with Crippen LogP contribution in [0.1, 0.15) is 23.6 Å². The Morgan fingerprint density at radius 2 is 1.52 bits per heavy atom. The average Bonchev–Trinajstić information content (AvgIpc) is 3.23. The van der Waals surface area contributed by atoms with Crippen LogP contribution in [0.4, 0.5) is 5.69 Å². The van der Waals surface area contributed by atoms with Crippen molar-refractivity contribution in [3.8, 4) is 11.5 Å². The molecule has 5 nitrogen and oxygen atoms in total. The zero-order valence-electron chi connectivity index (χ0n) is 16.4. The van der Waals surface area contributed by atoms with Crippen LogP contribution in [-0.4, -0.2) is 19.3 Å². The highest BCUT2D eigenvalue weighted by atomic mass is 16.5. The topological polar surface area (TPSA) is 68.5 Å². The minimum absolute atomic E-state index is 0.171. The largest absolute Gasteiger partial charge is 0.493 e. The van der Waals surface area contributed by atoms with Crippen molar-refractivity contribution in [2.75, 3.05) is 18.9 Å². The number of hydrogen-bond donors (Lipinski definition) is 3. The molecule has 2 unspecified atom stereocenters. The van der Waals surface area contributed by atoms with E-state index < -0.39 is 0 Å². The van der Waals surface area contributed by atoms with Crippen molar-refractivity contribution < 1.29 is 9.47 Å². The van der Waals surface area contributed by atoms with Gasteiger partial charge in [-0.3, -0.25) is 5.43 Å². The van der Waals surface area contributed by atoms with E-state index in [1.165, 1.54) is 5.56 Å². The second-order valence-electron chi connectivity index (χ2n) is 7.24. The fourth-order valence-electron chi connectivity index (χ4n) is 3.56. The fourth-order valence-corrected chi connectivity index (χ4v) is 3.56. The van der Waals surface area contributed by atoms with Gasteiger partial charge in [0.05, 0.1) is 24.4 Å². The molecule has 1 saturated heterocycles. The summed E-state index contributed by atoms with van der Waals surface area (Å²) in [6, 6.07) is 26.6. The monoisotopic (exact) mass is 389 g/mol. The molecular weight excluding hydrogens is 362 g/mol. The summed E-state index contributed by atoms with van der Waals surface area (Å²) in [5.74, 6) is 1.65. The molecule has 0 amide bonds. The van der Waals surface area contributed by atoms with Crippen LogP contribution in [0.15, 0.2) is 78.9 Å². The molecule has 5 heteroatoms. The highest BCUT2D eigenvalue weighted by Crippen LogP contribution is 2.31. The normalized spacial score (nSPS) is 18.5. The van der Waals surface area contributed by atoms with Crippen molar-refractivity contribution in [3.63, 3.8) is 0 Å². The molecule has 0 aliphatic carbocycles. The summed E-state index contributed by atoms with van der Waals surface area (Å²) in [6.07, 6.45) is 1.80. The molecule has 2 atom stereocenters. The maximum Gasteiger partial charge on any atom is 0.142 e. The Labute approximate surface area is 171 Å². The van der Waals surface area contributed by atoms with E-state index in [1.807, 2.05) is 42.5 Å². The molecule has 0 bridgehead atoms. The summed E-state index contributed by atoms with van der Waals surface area (Å²) in [4.78, 5) is 0. The van der Waals surface area contributed by atoms with Crippen LogP contribution in [-0.2, 0) is 6.42 Å². The molecule has 3 aromatic carbocycles. The van der Waals surface area contributed by atoms with Crippen molar-refractivity contribution in [2.24, 2.45) is 0 Å². The Balaban J connectivity index is 1.32. The third-order valence-corrected chi connectivity index (χ3v) is 5.13. The Kier molecular flexibility index (Phi) is 6.29. The van der Waals surface area contributed by atoms with Crippen molar-refractivity contribution in [1.29, 1.82) is 0 Å². The lowest BCUT2D eigenvalue weighted by Crippen LogP contribution is -2.34. The zero-order valence-corrected chi connectivity index (χ0v) is 16.4. The Morgan fingerprint density at radius 1 is 0.793 bits per heavy atom. The fraction of sp³-hybridized carbons (Fsp3) is 0.250. The predicted octanol–water partition coefficient (Wildman–Crippen LogP) is 3.88. The van der Waals surface area contributed by atoms with Gasteiger partial charge in [-0.05, 0) is 30.2 Å². The Morgan fingerprint density at radius 3 is 2.34 bits per heavy atom. The third kappa shape index (κ3) is 5.08. The van der Waals surface area contributed by atoms with Crippen LogP contribution in [0.2, 0.25) is 0 Å². The maximum absolute atomic E-state index is 6.12. The third-order valence-electron chi connectivity index (χ3n) is 5.13. The molecule has 0 radical (unpaired) electrons. The number of nitrogen functional groups attached to an aromatic ring is 1. The number of hydrazine groups is 1. The summed E-state index contributed by atoms with van der Waals surface area (Å²) in [7, 11) is 0. The molecule has 1 aliphatic rings. The van der Waals surface area contributed by atoms with Crippen molar-refractivity contribution >= 4 is 5.69 Å². The zero-order chi connectivity index (χ0) is 19.9. The molecule has 0 spiro atoms. The van der Waals surface area contributed by atoms with Gasteiger partial charge >= 0.3 is 0 Å². The molecular formula is C24H27N3O2. The lowest BCUT2D eigenvalue weighted by Gasteiger charge is -2.16. The molecule has 1 fully saturated rings. The van der Waals surface area contributed by atoms with Crippen molar-refractivity contribution in [3.05, 3.63) is 90.0 Å². The lowest BCUT2D eigenvalue weighted by molar-refractivity contribution is 0.274. The summed E-state index contributed by atoms with van der Waals surface area (Å²) in [5.41, 5.74) is 15.8. The van der Waals surface area contributed by atoms with Crippen LogP contribution >= 0.6 is 0 Å². The number of para-hydroxylation sites is 3. The van der Waals surface area contributed by atoms with Gasteiger partial charge in [-0.2, -0.15) is 0 Å².